The first-order valence-electron chi connectivity index (χ1n) is 28.8. The van der Waals surface area contributed by atoms with Gasteiger partial charge in [0, 0.05) is 38.0 Å². The van der Waals surface area contributed by atoms with Gasteiger partial charge in [-0.05, 0) is 209 Å². The lowest BCUT2D eigenvalue weighted by Gasteiger charge is -2.49. The number of benzene rings is 6. The minimum absolute atomic E-state index is 0.0246. The summed E-state index contributed by atoms with van der Waals surface area (Å²) in [6, 6.07) is 35.8. The van der Waals surface area contributed by atoms with Gasteiger partial charge in [0.1, 0.15) is 0 Å². The minimum Gasteiger partial charge on any atom is -0.311 e. The van der Waals surface area contributed by atoms with Crippen LogP contribution in [0.25, 0.3) is 11.1 Å². The van der Waals surface area contributed by atoms with Gasteiger partial charge < -0.3 is 9.80 Å². The lowest BCUT2D eigenvalue weighted by atomic mass is 9.32. The number of fused-ring (bicyclic) bond motifs is 10. The summed E-state index contributed by atoms with van der Waals surface area (Å²) in [5.41, 5.74) is 25.3. The van der Waals surface area contributed by atoms with Crippen molar-refractivity contribution in [2.75, 3.05) is 9.80 Å². The molecular weight excluding hydrogens is 856 g/mol. The number of rotatable bonds is 2. The second kappa shape index (κ2) is 14.4. The summed E-state index contributed by atoms with van der Waals surface area (Å²) in [5, 5.41) is 0. The Morgan fingerprint density at radius 1 is 0.451 bits per heavy atom. The van der Waals surface area contributed by atoms with Crippen LogP contribution in [0.3, 0.4) is 0 Å². The van der Waals surface area contributed by atoms with Gasteiger partial charge in [-0.1, -0.05) is 166 Å². The zero-order chi connectivity index (χ0) is 53.2. The number of hydrogen-bond donors (Lipinski definition) is 0. The molecule has 2 aliphatic heterocycles. The molecule has 0 atom stereocenters. The third-order valence-electron chi connectivity index (χ3n) is 19.8. The maximum atomic E-state index is 9.39. The van der Waals surface area contributed by atoms with Crippen LogP contribution in [0, 0.1) is 6.85 Å². The number of hydrogen-bond acceptors (Lipinski definition) is 2. The quantitative estimate of drug-likeness (QED) is 0.159. The predicted octanol–water partition coefficient (Wildman–Crippen LogP) is 16.7. The van der Waals surface area contributed by atoms with Crippen LogP contribution in [0.4, 0.5) is 34.1 Å². The molecule has 0 fully saturated rings. The van der Waals surface area contributed by atoms with E-state index in [1.54, 1.807) is 0 Å². The van der Waals surface area contributed by atoms with Crippen molar-refractivity contribution in [3.05, 3.63) is 147 Å². The van der Waals surface area contributed by atoms with Crippen molar-refractivity contribution < 1.29 is 4.11 Å². The highest BCUT2D eigenvalue weighted by Crippen LogP contribution is 2.59. The molecule has 6 aliphatic rings. The standard InChI is InChI=1S/C68H81BN2/c1-40-33-56-60-57(34-40)71(53-26-25-45(61(2,3)4)58-42-21-19-20-22-43(42)68(17,18)59(53)58)55-39-50-48(65(11,12)30-32-67(50,15)16)37-52(55)69(60)51-36-47-49(66(13,14)31-29-64(47,9)10)38-54(51)70(56)41-23-24-44-46(35-41)63(7,8)28-27-62(44,5)6/h19-26,33-39H,27-32H2,1-18H3/i1D3. The summed E-state index contributed by atoms with van der Waals surface area (Å²) < 4.78 is 28.2. The Morgan fingerprint density at radius 3 is 1.44 bits per heavy atom. The molecule has 3 heteroatoms. The van der Waals surface area contributed by atoms with E-state index in [9.17, 15) is 4.11 Å². The fraction of sp³-hybridized carbons (Fsp3) is 0.471. The Labute approximate surface area is 433 Å². The first-order valence-corrected chi connectivity index (χ1v) is 27.3. The molecule has 12 rings (SSSR count). The van der Waals surface area contributed by atoms with E-state index in [0.717, 1.165) is 61.3 Å². The van der Waals surface area contributed by atoms with Crippen LogP contribution in [0.5, 0.6) is 0 Å². The molecule has 0 N–H and O–H groups in total. The lowest BCUT2D eigenvalue weighted by molar-refractivity contribution is 0.332. The van der Waals surface area contributed by atoms with Crippen molar-refractivity contribution in [2.24, 2.45) is 0 Å². The maximum Gasteiger partial charge on any atom is 0.252 e. The van der Waals surface area contributed by atoms with Crippen molar-refractivity contribution in [2.45, 2.75) is 206 Å². The van der Waals surface area contributed by atoms with Crippen LogP contribution in [0.15, 0.2) is 91.0 Å². The summed E-state index contributed by atoms with van der Waals surface area (Å²) >= 11 is 0. The van der Waals surface area contributed by atoms with Crippen LogP contribution < -0.4 is 26.2 Å². The molecule has 0 bridgehead atoms. The minimum atomic E-state index is -2.38. The van der Waals surface area contributed by atoms with Gasteiger partial charge in [-0.3, -0.25) is 0 Å². The summed E-state index contributed by atoms with van der Waals surface area (Å²) in [7, 11) is 0. The molecule has 6 aromatic rings. The normalized spacial score (nSPS) is 22.3. The van der Waals surface area contributed by atoms with Crippen LogP contribution in [-0.2, 0) is 43.3 Å². The molecule has 0 spiro atoms. The fourth-order valence-electron chi connectivity index (χ4n) is 15.1. The lowest BCUT2D eigenvalue weighted by Crippen LogP contribution is -2.62. The molecule has 6 aromatic carbocycles. The van der Waals surface area contributed by atoms with E-state index in [0.29, 0.717) is 5.56 Å². The van der Waals surface area contributed by atoms with Gasteiger partial charge in [0.2, 0.25) is 0 Å². The highest BCUT2D eigenvalue weighted by Gasteiger charge is 2.51. The van der Waals surface area contributed by atoms with E-state index >= 15 is 0 Å². The van der Waals surface area contributed by atoms with Crippen molar-refractivity contribution in [3.63, 3.8) is 0 Å². The van der Waals surface area contributed by atoms with Gasteiger partial charge >= 0.3 is 0 Å². The Hall–Kier alpha value is -5.02. The van der Waals surface area contributed by atoms with Crippen molar-refractivity contribution in [1.29, 1.82) is 0 Å². The molecular formula is C68H81BN2. The largest absolute Gasteiger partial charge is 0.311 e. The maximum absolute atomic E-state index is 9.39. The number of nitrogens with zero attached hydrogens (tertiary/aromatic N) is 2. The summed E-state index contributed by atoms with van der Waals surface area (Å²) in [6.07, 6.45) is 6.69. The molecule has 0 aromatic heterocycles. The van der Waals surface area contributed by atoms with E-state index in [-0.39, 0.29) is 50.0 Å². The highest BCUT2D eigenvalue weighted by molar-refractivity contribution is 7.00. The second-order valence-electron chi connectivity index (χ2n) is 28.8. The predicted molar refractivity (Wildman–Crippen MR) is 307 cm³/mol. The number of anilines is 6. The Morgan fingerprint density at radius 2 is 0.915 bits per heavy atom. The van der Waals surface area contributed by atoms with Gasteiger partial charge in [-0.2, -0.15) is 0 Å². The molecule has 2 heterocycles. The molecule has 4 aliphatic carbocycles. The Bertz CT molecular complexity index is 3420. The molecule has 0 unspecified atom stereocenters. The van der Waals surface area contributed by atoms with Gasteiger partial charge in [0.15, 0.2) is 0 Å². The summed E-state index contributed by atoms with van der Waals surface area (Å²) in [5.74, 6) is 0. The van der Waals surface area contributed by atoms with Crippen molar-refractivity contribution >= 4 is 57.2 Å². The number of aryl methyl sites for hydroxylation is 1. The summed E-state index contributed by atoms with van der Waals surface area (Å²) in [6.45, 7) is 38.6. The molecule has 0 saturated heterocycles. The third-order valence-corrected chi connectivity index (χ3v) is 19.8. The van der Waals surface area contributed by atoms with Crippen molar-refractivity contribution in [3.8, 4) is 11.1 Å². The molecule has 2 nitrogen and oxygen atoms in total. The Balaban J connectivity index is 1.27. The monoisotopic (exact) mass is 940 g/mol. The van der Waals surface area contributed by atoms with Gasteiger partial charge in [-0.25, -0.2) is 0 Å². The van der Waals surface area contributed by atoms with Crippen LogP contribution in [-0.4, -0.2) is 6.71 Å². The Kier molecular flexibility index (Phi) is 8.83. The molecule has 0 saturated carbocycles. The summed E-state index contributed by atoms with van der Waals surface area (Å²) in [4.78, 5) is 5.10. The molecule has 0 amide bonds. The first-order chi connectivity index (χ1) is 34.2. The average Bonchev–Trinajstić information content (AvgIpc) is 3.55. The topological polar surface area (TPSA) is 6.48 Å². The van der Waals surface area contributed by atoms with E-state index in [1.165, 1.54) is 89.0 Å². The smallest absolute Gasteiger partial charge is 0.252 e. The highest BCUT2D eigenvalue weighted by atomic mass is 15.2. The van der Waals surface area contributed by atoms with E-state index in [2.05, 4.69) is 218 Å². The van der Waals surface area contributed by atoms with E-state index in [1.807, 2.05) is 0 Å². The molecule has 0 radical (unpaired) electrons. The second-order valence-corrected chi connectivity index (χ2v) is 28.8. The van der Waals surface area contributed by atoms with Gasteiger partial charge in [-0.15, -0.1) is 0 Å². The third kappa shape index (κ3) is 6.51. The van der Waals surface area contributed by atoms with E-state index < -0.39 is 6.85 Å². The van der Waals surface area contributed by atoms with Crippen LogP contribution in [0.2, 0.25) is 0 Å². The van der Waals surface area contributed by atoms with Gasteiger partial charge in [0.05, 0.1) is 5.69 Å². The molecule has 366 valence electrons. The van der Waals surface area contributed by atoms with Crippen molar-refractivity contribution in [1.82, 2.24) is 0 Å². The zero-order valence-corrected chi connectivity index (χ0v) is 46.4. The van der Waals surface area contributed by atoms with Crippen LogP contribution >= 0.6 is 0 Å². The van der Waals surface area contributed by atoms with Gasteiger partial charge in [0.25, 0.3) is 6.71 Å². The fourth-order valence-corrected chi connectivity index (χ4v) is 15.1. The average molecular weight is 940 g/mol. The van der Waals surface area contributed by atoms with Crippen LogP contribution in [0.1, 0.15) is 216 Å². The van der Waals surface area contributed by atoms with E-state index in [4.69, 9.17) is 0 Å². The zero-order valence-electron chi connectivity index (χ0n) is 49.4. The SMILES string of the molecule is [2H]C([2H])([2H])c1cc2c3c(c1)N(c1ccc(C(C)(C)C)c4c1C(C)(C)c1ccccc1-4)c1cc4c(cc1B3c1cc3c(cc1N2c1ccc2c(c1)C(C)(C)CCC2(C)C)C(C)(C)CCC3(C)C)C(C)(C)CCC4(C)C. The molecule has 71 heavy (non-hydrogen) atoms. The first kappa shape index (κ1) is 43.6.